The molecule has 0 aromatic carbocycles. The van der Waals surface area contributed by atoms with Gasteiger partial charge in [0.15, 0.2) is 0 Å². The number of amides is 1. The van der Waals surface area contributed by atoms with Gasteiger partial charge in [-0.3, -0.25) is 28.5 Å². The first-order valence-corrected chi connectivity index (χ1v) is 14.9. The number of hydrogen-bond acceptors (Lipinski definition) is 13. The Kier molecular flexibility index (Phi) is 12.7. The molecule has 2 aromatic heterocycles. The largest absolute Gasteiger partial charge is 0.463 e. The lowest BCUT2D eigenvalue weighted by Crippen LogP contribution is -2.42. The Morgan fingerprint density at radius 3 is 2.55 bits per heavy atom. The molecule has 2 aromatic rings. The first-order valence-electron chi connectivity index (χ1n) is 13.8. The molecule has 6 atom stereocenters. The lowest BCUT2D eigenvalue weighted by atomic mass is 10.1. The maximum absolute atomic E-state index is 14.5. The van der Waals surface area contributed by atoms with Crippen molar-refractivity contribution >= 4 is 35.4 Å². The lowest BCUT2D eigenvalue weighted by Gasteiger charge is -2.19. The van der Waals surface area contributed by atoms with Crippen LogP contribution in [0.5, 0.6) is 0 Å². The standard InChI is InChI=1S/C24H29FN6O10S.C2H6/c1-12(32)27-14(22(35)39-10-21-41-19(11-42-21)31-6-4-16(26)28-23(31)36)2-3-20(34)38-9-15-13(25)8-18(40-15)30-7-5-17(33)29-24(30)37;1-2/h4-7,13-15,18-19,21H,2-3,8-11H2,1H3,(H,27,32)(H2,26,28,36)(H,29,33,37);1-2H3/t13-,14-,15+,18+,19-,21+;/m0./s1. The number of hydrogen-bond donors (Lipinski definition) is 3. The fourth-order valence-corrected chi connectivity index (χ4v) is 5.23. The quantitative estimate of drug-likeness (QED) is 0.275. The number of rotatable bonds is 11. The second-order valence-electron chi connectivity index (χ2n) is 9.40. The summed E-state index contributed by atoms with van der Waals surface area (Å²) in [6.07, 6.45) is -2.36. The molecule has 2 aliphatic heterocycles. The molecular formula is C26H35FN6O10S. The number of carbonyl (C=O) groups is 3. The van der Waals surface area contributed by atoms with E-state index in [-0.39, 0.29) is 31.7 Å². The zero-order chi connectivity index (χ0) is 32.4. The van der Waals surface area contributed by atoms with Crippen LogP contribution in [-0.2, 0) is 33.3 Å². The number of aromatic nitrogens is 4. The van der Waals surface area contributed by atoms with Crippen molar-refractivity contribution in [1.29, 1.82) is 0 Å². The van der Waals surface area contributed by atoms with Crippen molar-refractivity contribution in [1.82, 2.24) is 24.4 Å². The third kappa shape index (κ3) is 9.48. The Bertz CT molecular complexity index is 1480. The van der Waals surface area contributed by atoms with Gasteiger partial charge < -0.3 is 30.0 Å². The van der Waals surface area contributed by atoms with Crippen molar-refractivity contribution in [2.75, 3.05) is 24.7 Å². The van der Waals surface area contributed by atoms with Gasteiger partial charge in [0.1, 0.15) is 55.2 Å². The van der Waals surface area contributed by atoms with E-state index >= 15 is 0 Å². The van der Waals surface area contributed by atoms with E-state index in [9.17, 15) is 33.2 Å². The predicted molar refractivity (Wildman–Crippen MR) is 154 cm³/mol. The molecule has 2 fully saturated rings. The number of carbonyl (C=O) groups excluding carboxylic acids is 3. The lowest BCUT2D eigenvalue weighted by molar-refractivity contribution is -0.153. The molecule has 44 heavy (non-hydrogen) atoms. The van der Waals surface area contributed by atoms with Crippen LogP contribution in [0.25, 0.3) is 0 Å². The van der Waals surface area contributed by atoms with Gasteiger partial charge in [-0.05, 0) is 12.5 Å². The van der Waals surface area contributed by atoms with Crippen LogP contribution in [0.15, 0.2) is 38.9 Å². The van der Waals surface area contributed by atoms with Crippen LogP contribution >= 0.6 is 11.8 Å². The number of alkyl halides is 1. The second-order valence-corrected chi connectivity index (χ2v) is 10.6. The molecular weight excluding hydrogens is 607 g/mol. The highest BCUT2D eigenvalue weighted by Crippen LogP contribution is 2.31. The average Bonchev–Trinajstić information content (AvgIpc) is 3.60. The van der Waals surface area contributed by atoms with Gasteiger partial charge in [-0.2, -0.15) is 4.98 Å². The number of halogens is 1. The van der Waals surface area contributed by atoms with Crippen molar-refractivity contribution in [3.8, 4) is 0 Å². The summed E-state index contributed by atoms with van der Waals surface area (Å²) in [6.45, 7) is 4.56. The van der Waals surface area contributed by atoms with Gasteiger partial charge >= 0.3 is 23.3 Å². The number of thioether (sulfide) groups is 1. The van der Waals surface area contributed by atoms with E-state index in [0.717, 1.165) is 10.6 Å². The molecule has 0 unspecified atom stereocenters. The zero-order valence-corrected chi connectivity index (χ0v) is 25.1. The topological polar surface area (TPSA) is 216 Å². The minimum Gasteiger partial charge on any atom is -0.463 e. The number of anilines is 1. The van der Waals surface area contributed by atoms with E-state index in [1.165, 1.54) is 41.7 Å². The highest BCUT2D eigenvalue weighted by molar-refractivity contribution is 8.00. The minimum atomic E-state index is -1.55. The SMILES string of the molecule is CC.CC(=O)N[C@@H](CCC(=O)OC[C@H]1O[C@@H](n2ccc(=O)[nH]c2=O)C[C@@H]1F)C(=O)OC[C@@H]1O[C@H](n2ccc(N)nc2=O)CS1. The molecule has 18 heteroatoms. The summed E-state index contributed by atoms with van der Waals surface area (Å²) in [4.78, 5) is 77.5. The molecule has 2 saturated heterocycles. The summed E-state index contributed by atoms with van der Waals surface area (Å²) in [6, 6.07) is 1.38. The fourth-order valence-electron chi connectivity index (χ4n) is 4.24. The van der Waals surface area contributed by atoms with Crippen LogP contribution < -0.4 is 28.0 Å². The maximum Gasteiger partial charge on any atom is 0.351 e. The van der Waals surface area contributed by atoms with Crippen LogP contribution in [0, 0.1) is 0 Å². The Morgan fingerprint density at radius 1 is 1.14 bits per heavy atom. The van der Waals surface area contributed by atoms with E-state index in [1.807, 2.05) is 13.8 Å². The number of ether oxygens (including phenoxy) is 4. The van der Waals surface area contributed by atoms with Gasteiger partial charge in [0.2, 0.25) is 5.91 Å². The number of nitrogens with two attached hydrogens (primary N) is 1. The van der Waals surface area contributed by atoms with Gasteiger partial charge in [0.25, 0.3) is 5.56 Å². The maximum atomic E-state index is 14.5. The summed E-state index contributed by atoms with van der Waals surface area (Å²) in [5, 5.41) is 2.42. The van der Waals surface area contributed by atoms with Crippen molar-refractivity contribution in [3.63, 3.8) is 0 Å². The number of nitrogen functional groups attached to an aromatic ring is 1. The molecule has 1 amide bonds. The van der Waals surface area contributed by atoms with Crippen LogP contribution in [0.3, 0.4) is 0 Å². The Hall–Kier alpha value is -4.03. The Balaban J connectivity index is 0.00000259. The fraction of sp³-hybridized carbons (Fsp3) is 0.577. The summed E-state index contributed by atoms with van der Waals surface area (Å²) in [5.74, 6) is -1.65. The Morgan fingerprint density at radius 2 is 1.86 bits per heavy atom. The van der Waals surface area contributed by atoms with Crippen molar-refractivity contribution in [2.45, 2.75) is 76.2 Å². The molecule has 242 valence electrons. The summed E-state index contributed by atoms with van der Waals surface area (Å²) < 4.78 is 38.4. The molecule has 0 bridgehead atoms. The molecule has 0 aliphatic carbocycles. The van der Waals surface area contributed by atoms with E-state index in [2.05, 4.69) is 15.3 Å². The first-order chi connectivity index (χ1) is 21.0. The number of nitrogens with zero attached hydrogens (tertiary/aromatic N) is 3. The van der Waals surface area contributed by atoms with E-state index in [4.69, 9.17) is 24.7 Å². The van der Waals surface area contributed by atoms with Crippen LogP contribution in [0.2, 0.25) is 0 Å². The van der Waals surface area contributed by atoms with Gasteiger partial charge in [0.05, 0.1) is 0 Å². The molecule has 4 heterocycles. The van der Waals surface area contributed by atoms with E-state index in [1.54, 1.807) is 0 Å². The van der Waals surface area contributed by atoms with Gasteiger partial charge in [-0.25, -0.2) is 18.8 Å². The van der Waals surface area contributed by atoms with Gasteiger partial charge in [-0.15, -0.1) is 11.8 Å². The van der Waals surface area contributed by atoms with Crippen LogP contribution in [0.4, 0.5) is 10.2 Å². The summed E-state index contributed by atoms with van der Waals surface area (Å²) in [5.41, 5.74) is 2.95. The van der Waals surface area contributed by atoms with E-state index in [0.29, 0.717) is 5.75 Å². The predicted octanol–water partition coefficient (Wildman–Crippen LogP) is -0.0131. The second kappa shape index (κ2) is 16.2. The van der Waals surface area contributed by atoms with Gasteiger partial charge in [-0.1, -0.05) is 13.8 Å². The number of nitrogens with one attached hydrogen (secondary N) is 2. The van der Waals surface area contributed by atoms with Crippen molar-refractivity contribution in [2.24, 2.45) is 0 Å². The molecule has 4 rings (SSSR count). The van der Waals surface area contributed by atoms with Crippen molar-refractivity contribution in [3.05, 3.63) is 55.8 Å². The summed E-state index contributed by atoms with van der Waals surface area (Å²) in [7, 11) is 0. The third-order valence-electron chi connectivity index (χ3n) is 6.29. The molecule has 0 spiro atoms. The van der Waals surface area contributed by atoms with E-state index < -0.39 is 77.6 Å². The smallest absolute Gasteiger partial charge is 0.351 e. The zero-order valence-electron chi connectivity index (χ0n) is 24.3. The highest BCUT2D eigenvalue weighted by Gasteiger charge is 2.38. The molecule has 2 aliphatic rings. The Labute approximate surface area is 254 Å². The molecule has 0 radical (unpaired) electrons. The third-order valence-corrected chi connectivity index (χ3v) is 7.38. The molecule has 0 saturated carbocycles. The number of H-pyrrole nitrogens is 1. The summed E-state index contributed by atoms with van der Waals surface area (Å²) >= 11 is 1.31. The minimum absolute atomic E-state index is 0.0769. The number of aromatic amines is 1. The van der Waals surface area contributed by atoms with Crippen LogP contribution in [-0.4, -0.2) is 79.7 Å². The molecule has 4 N–H and O–H groups in total. The average molecular weight is 643 g/mol. The molecule has 16 nitrogen and oxygen atoms in total. The van der Waals surface area contributed by atoms with Crippen molar-refractivity contribution < 1.29 is 37.7 Å². The first kappa shape index (κ1) is 34.5. The number of esters is 2. The van der Waals surface area contributed by atoms with Crippen LogP contribution in [0.1, 0.15) is 52.5 Å². The normalized spacial score (nSPS) is 23.2. The van der Waals surface area contributed by atoms with Gasteiger partial charge in [0, 0.05) is 44.0 Å². The monoisotopic (exact) mass is 642 g/mol. The highest BCUT2D eigenvalue weighted by atomic mass is 32.2.